The fourth-order valence-corrected chi connectivity index (χ4v) is 2.03. The highest BCUT2D eigenvalue weighted by molar-refractivity contribution is 5.73. The SMILES string of the molecule is CCCCC(N)N1CCC[C@H]1C(=O)O. The summed E-state index contributed by atoms with van der Waals surface area (Å²) in [5, 5.41) is 8.96. The molecule has 2 atom stereocenters. The molecule has 0 spiro atoms. The van der Waals surface area contributed by atoms with Crippen LogP contribution in [0.3, 0.4) is 0 Å². The van der Waals surface area contributed by atoms with E-state index in [-0.39, 0.29) is 12.2 Å². The third kappa shape index (κ3) is 2.69. The van der Waals surface area contributed by atoms with E-state index in [4.69, 9.17) is 10.8 Å². The van der Waals surface area contributed by atoms with Crippen molar-refractivity contribution in [3.8, 4) is 0 Å². The van der Waals surface area contributed by atoms with Gasteiger partial charge in [0, 0.05) is 6.54 Å². The number of hydrogen-bond acceptors (Lipinski definition) is 3. The quantitative estimate of drug-likeness (QED) is 0.695. The molecule has 0 aromatic heterocycles. The molecule has 1 rings (SSSR count). The lowest BCUT2D eigenvalue weighted by Crippen LogP contribution is -2.47. The van der Waals surface area contributed by atoms with Crippen LogP contribution in [-0.4, -0.2) is 34.7 Å². The molecular weight excluding hydrogens is 180 g/mol. The summed E-state index contributed by atoms with van der Waals surface area (Å²) < 4.78 is 0. The molecular formula is C10H20N2O2. The van der Waals surface area contributed by atoms with Crippen molar-refractivity contribution in [1.82, 2.24) is 4.90 Å². The Morgan fingerprint density at radius 3 is 3.00 bits per heavy atom. The lowest BCUT2D eigenvalue weighted by molar-refractivity contribution is -0.143. The van der Waals surface area contributed by atoms with Crippen LogP contribution in [0.25, 0.3) is 0 Å². The van der Waals surface area contributed by atoms with Gasteiger partial charge in [0.05, 0.1) is 6.17 Å². The summed E-state index contributed by atoms with van der Waals surface area (Å²) in [4.78, 5) is 12.8. The molecule has 14 heavy (non-hydrogen) atoms. The monoisotopic (exact) mass is 200 g/mol. The second-order valence-electron chi connectivity index (χ2n) is 3.94. The molecule has 0 bridgehead atoms. The first kappa shape index (κ1) is 11.5. The van der Waals surface area contributed by atoms with Crippen molar-refractivity contribution >= 4 is 5.97 Å². The standard InChI is InChI=1S/C10H20N2O2/c1-2-3-6-9(11)12-7-4-5-8(12)10(13)14/h8-9H,2-7,11H2,1H3,(H,13,14)/t8-,9?/m0/s1. The normalized spacial score (nSPS) is 25.1. The summed E-state index contributed by atoms with van der Waals surface area (Å²) >= 11 is 0. The van der Waals surface area contributed by atoms with Gasteiger partial charge in [0.15, 0.2) is 0 Å². The summed E-state index contributed by atoms with van der Waals surface area (Å²) in [6, 6.07) is -0.346. The van der Waals surface area contributed by atoms with E-state index in [9.17, 15) is 4.79 Å². The molecule has 0 aromatic carbocycles. The van der Waals surface area contributed by atoms with E-state index in [1.54, 1.807) is 0 Å². The molecule has 1 heterocycles. The van der Waals surface area contributed by atoms with Gasteiger partial charge in [-0.15, -0.1) is 0 Å². The Labute approximate surface area is 85.1 Å². The number of carboxylic acid groups (broad SMARTS) is 1. The lowest BCUT2D eigenvalue weighted by Gasteiger charge is -2.27. The zero-order valence-electron chi connectivity index (χ0n) is 8.78. The van der Waals surface area contributed by atoms with Gasteiger partial charge < -0.3 is 10.8 Å². The van der Waals surface area contributed by atoms with Gasteiger partial charge >= 0.3 is 5.97 Å². The summed E-state index contributed by atoms with van der Waals surface area (Å²) in [5.41, 5.74) is 5.96. The van der Waals surface area contributed by atoms with Crippen molar-refractivity contribution in [1.29, 1.82) is 0 Å². The van der Waals surface area contributed by atoms with Crippen LogP contribution < -0.4 is 5.73 Å². The van der Waals surface area contributed by atoms with E-state index in [2.05, 4.69) is 6.92 Å². The van der Waals surface area contributed by atoms with Gasteiger partial charge in [0.1, 0.15) is 6.04 Å². The van der Waals surface area contributed by atoms with Crippen LogP contribution in [0.2, 0.25) is 0 Å². The van der Waals surface area contributed by atoms with Crippen LogP contribution in [0, 0.1) is 0 Å². The molecule has 4 heteroatoms. The molecule has 0 aliphatic carbocycles. The van der Waals surface area contributed by atoms with Gasteiger partial charge in [-0.05, 0) is 19.3 Å². The van der Waals surface area contributed by atoms with Crippen molar-refractivity contribution in [3.05, 3.63) is 0 Å². The molecule has 0 amide bonds. The molecule has 3 N–H and O–H groups in total. The minimum absolute atomic E-state index is 0.0708. The summed E-state index contributed by atoms with van der Waals surface area (Å²) in [6.07, 6.45) is 4.72. The van der Waals surface area contributed by atoms with Crippen molar-refractivity contribution in [2.45, 2.75) is 51.2 Å². The van der Waals surface area contributed by atoms with Crippen molar-refractivity contribution in [2.75, 3.05) is 6.54 Å². The van der Waals surface area contributed by atoms with Crippen LogP contribution in [0.1, 0.15) is 39.0 Å². The van der Waals surface area contributed by atoms with Gasteiger partial charge in [-0.1, -0.05) is 19.8 Å². The molecule has 0 saturated carbocycles. The smallest absolute Gasteiger partial charge is 0.320 e. The molecule has 1 fully saturated rings. The van der Waals surface area contributed by atoms with E-state index < -0.39 is 5.97 Å². The Bertz CT molecular complexity index is 197. The number of carbonyl (C=O) groups is 1. The maximum atomic E-state index is 10.9. The first-order valence-corrected chi connectivity index (χ1v) is 5.41. The molecule has 4 nitrogen and oxygen atoms in total. The number of carboxylic acids is 1. The van der Waals surface area contributed by atoms with Crippen LogP contribution in [-0.2, 0) is 4.79 Å². The minimum Gasteiger partial charge on any atom is -0.480 e. The molecule has 1 aliphatic heterocycles. The van der Waals surface area contributed by atoms with Gasteiger partial charge in [0.2, 0.25) is 0 Å². The lowest BCUT2D eigenvalue weighted by atomic mass is 10.1. The van der Waals surface area contributed by atoms with E-state index in [0.717, 1.165) is 38.6 Å². The second kappa shape index (κ2) is 5.32. The van der Waals surface area contributed by atoms with E-state index in [1.807, 2.05) is 4.90 Å². The molecule has 82 valence electrons. The highest BCUT2D eigenvalue weighted by atomic mass is 16.4. The van der Waals surface area contributed by atoms with E-state index in [1.165, 1.54) is 0 Å². The maximum absolute atomic E-state index is 10.9. The van der Waals surface area contributed by atoms with Crippen LogP contribution in [0.5, 0.6) is 0 Å². The summed E-state index contributed by atoms with van der Waals surface area (Å²) in [5.74, 6) is -0.727. The third-order valence-electron chi connectivity index (χ3n) is 2.86. The number of unbranched alkanes of at least 4 members (excludes halogenated alkanes) is 1. The Balaban J connectivity index is 2.44. The maximum Gasteiger partial charge on any atom is 0.320 e. The highest BCUT2D eigenvalue weighted by Crippen LogP contribution is 2.20. The van der Waals surface area contributed by atoms with Gasteiger partial charge in [0.25, 0.3) is 0 Å². The molecule has 1 saturated heterocycles. The Hall–Kier alpha value is -0.610. The summed E-state index contributed by atoms with van der Waals surface area (Å²) in [7, 11) is 0. The number of likely N-dealkylation sites (tertiary alicyclic amines) is 1. The number of aliphatic carboxylic acids is 1. The number of nitrogens with two attached hydrogens (primary N) is 1. The zero-order chi connectivity index (χ0) is 10.6. The zero-order valence-corrected chi connectivity index (χ0v) is 8.78. The number of hydrogen-bond donors (Lipinski definition) is 2. The molecule has 1 aliphatic rings. The van der Waals surface area contributed by atoms with E-state index in [0.29, 0.717) is 0 Å². The Kier molecular flexibility index (Phi) is 4.35. The van der Waals surface area contributed by atoms with Gasteiger partial charge in [-0.3, -0.25) is 9.69 Å². The Morgan fingerprint density at radius 1 is 1.71 bits per heavy atom. The van der Waals surface area contributed by atoms with Crippen molar-refractivity contribution in [2.24, 2.45) is 5.73 Å². The van der Waals surface area contributed by atoms with Crippen molar-refractivity contribution in [3.63, 3.8) is 0 Å². The fourth-order valence-electron chi connectivity index (χ4n) is 2.03. The van der Waals surface area contributed by atoms with Crippen LogP contribution in [0.15, 0.2) is 0 Å². The van der Waals surface area contributed by atoms with Gasteiger partial charge in [-0.2, -0.15) is 0 Å². The van der Waals surface area contributed by atoms with Crippen molar-refractivity contribution < 1.29 is 9.90 Å². The molecule has 0 aromatic rings. The first-order chi connectivity index (χ1) is 6.66. The minimum atomic E-state index is -0.727. The summed E-state index contributed by atoms with van der Waals surface area (Å²) in [6.45, 7) is 2.95. The third-order valence-corrected chi connectivity index (χ3v) is 2.86. The topological polar surface area (TPSA) is 66.6 Å². The fraction of sp³-hybridized carbons (Fsp3) is 0.900. The number of rotatable bonds is 5. The predicted molar refractivity (Wildman–Crippen MR) is 54.9 cm³/mol. The van der Waals surface area contributed by atoms with Crippen LogP contribution in [0.4, 0.5) is 0 Å². The van der Waals surface area contributed by atoms with Gasteiger partial charge in [-0.25, -0.2) is 0 Å². The largest absolute Gasteiger partial charge is 0.480 e. The Morgan fingerprint density at radius 2 is 2.43 bits per heavy atom. The first-order valence-electron chi connectivity index (χ1n) is 5.41. The van der Waals surface area contributed by atoms with Crippen LogP contribution >= 0.6 is 0 Å². The second-order valence-corrected chi connectivity index (χ2v) is 3.94. The molecule has 1 unspecified atom stereocenters. The van der Waals surface area contributed by atoms with E-state index >= 15 is 0 Å². The number of nitrogens with zero attached hydrogens (tertiary/aromatic N) is 1. The highest BCUT2D eigenvalue weighted by Gasteiger charge is 2.33. The average Bonchev–Trinajstić information content (AvgIpc) is 2.62. The molecule has 0 radical (unpaired) electrons. The predicted octanol–water partition coefficient (Wildman–Crippen LogP) is 1.01. The average molecular weight is 200 g/mol.